The van der Waals surface area contributed by atoms with E-state index < -0.39 is 0 Å². The standard InChI is InChI=1S/C21H24ClN5/c1-2-24-21(25-14-17-8-6-16(13-23)7-9-17)26-19-10-11-27(15-19)20-5-3-4-18(22)12-20/h3-9,12,19H,2,10-11,14-15H2,1H3,(H2,24,25,26). The van der Waals surface area contributed by atoms with Crippen LogP contribution < -0.4 is 15.5 Å². The van der Waals surface area contributed by atoms with E-state index in [4.69, 9.17) is 16.9 Å². The van der Waals surface area contributed by atoms with Crippen LogP contribution in [0.4, 0.5) is 5.69 Å². The molecular formula is C21H24ClN5. The molecule has 1 aliphatic heterocycles. The van der Waals surface area contributed by atoms with Gasteiger partial charge in [-0.15, -0.1) is 0 Å². The number of nitrogens with zero attached hydrogens (tertiary/aromatic N) is 3. The maximum Gasteiger partial charge on any atom is 0.191 e. The van der Waals surface area contributed by atoms with Gasteiger partial charge in [0, 0.05) is 36.4 Å². The van der Waals surface area contributed by atoms with Gasteiger partial charge in [-0.05, 0) is 49.2 Å². The Bertz CT molecular complexity index is 825. The molecule has 1 saturated heterocycles. The summed E-state index contributed by atoms with van der Waals surface area (Å²) >= 11 is 6.11. The Morgan fingerprint density at radius 2 is 2.11 bits per heavy atom. The quantitative estimate of drug-likeness (QED) is 0.614. The van der Waals surface area contributed by atoms with Crippen molar-refractivity contribution >= 4 is 23.2 Å². The number of benzene rings is 2. The molecule has 1 fully saturated rings. The molecule has 0 spiro atoms. The summed E-state index contributed by atoms with van der Waals surface area (Å²) in [4.78, 5) is 7.03. The van der Waals surface area contributed by atoms with Crippen molar-refractivity contribution in [2.24, 2.45) is 4.99 Å². The molecule has 0 aromatic heterocycles. The monoisotopic (exact) mass is 381 g/mol. The van der Waals surface area contributed by atoms with Crippen LogP contribution >= 0.6 is 11.6 Å². The van der Waals surface area contributed by atoms with Crippen molar-refractivity contribution in [3.8, 4) is 6.07 Å². The van der Waals surface area contributed by atoms with Crippen LogP contribution in [-0.2, 0) is 6.54 Å². The number of rotatable bonds is 5. The summed E-state index contributed by atoms with van der Waals surface area (Å²) in [5.74, 6) is 0.819. The van der Waals surface area contributed by atoms with Gasteiger partial charge in [0.1, 0.15) is 0 Å². The van der Waals surface area contributed by atoms with E-state index in [-0.39, 0.29) is 0 Å². The minimum absolute atomic E-state index is 0.336. The first-order valence-electron chi connectivity index (χ1n) is 9.22. The van der Waals surface area contributed by atoms with Gasteiger partial charge < -0.3 is 15.5 Å². The Kier molecular flexibility index (Phi) is 6.56. The molecule has 2 aromatic rings. The number of guanidine groups is 1. The molecule has 2 N–H and O–H groups in total. The van der Waals surface area contributed by atoms with Crippen molar-refractivity contribution in [2.75, 3.05) is 24.5 Å². The van der Waals surface area contributed by atoms with E-state index in [1.807, 2.05) is 42.5 Å². The predicted octanol–water partition coefficient (Wildman–Crippen LogP) is 3.55. The van der Waals surface area contributed by atoms with E-state index in [9.17, 15) is 0 Å². The van der Waals surface area contributed by atoms with Crippen LogP contribution in [0.3, 0.4) is 0 Å². The fraction of sp³-hybridized carbons (Fsp3) is 0.333. The third kappa shape index (κ3) is 5.38. The molecular weight excluding hydrogens is 358 g/mol. The second kappa shape index (κ2) is 9.29. The van der Waals surface area contributed by atoms with Crippen LogP contribution in [0.5, 0.6) is 0 Å². The lowest BCUT2D eigenvalue weighted by atomic mass is 10.1. The Balaban J connectivity index is 1.59. The van der Waals surface area contributed by atoms with Crippen molar-refractivity contribution < 1.29 is 0 Å². The average molecular weight is 382 g/mol. The van der Waals surface area contributed by atoms with Gasteiger partial charge in [-0.1, -0.05) is 29.8 Å². The number of nitriles is 1. The molecule has 0 aliphatic carbocycles. The molecule has 140 valence electrons. The van der Waals surface area contributed by atoms with Crippen LogP contribution in [-0.4, -0.2) is 31.6 Å². The molecule has 0 bridgehead atoms. The Hall–Kier alpha value is -2.71. The van der Waals surface area contributed by atoms with Crippen molar-refractivity contribution in [2.45, 2.75) is 25.9 Å². The van der Waals surface area contributed by atoms with E-state index in [0.29, 0.717) is 18.2 Å². The maximum atomic E-state index is 8.89. The van der Waals surface area contributed by atoms with E-state index in [1.165, 1.54) is 0 Å². The van der Waals surface area contributed by atoms with Gasteiger partial charge in [-0.2, -0.15) is 5.26 Å². The van der Waals surface area contributed by atoms with Crippen LogP contribution in [0.25, 0.3) is 0 Å². The third-order valence-electron chi connectivity index (χ3n) is 4.55. The minimum Gasteiger partial charge on any atom is -0.369 e. The number of anilines is 1. The van der Waals surface area contributed by atoms with Crippen LogP contribution in [0.2, 0.25) is 5.02 Å². The lowest BCUT2D eigenvalue weighted by molar-refractivity contribution is 0.649. The van der Waals surface area contributed by atoms with E-state index in [1.54, 1.807) is 0 Å². The summed E-state index contributed by atoms with van der Waals surface area (Å²) in [5, 5.41) is 16.5. The zero-order chi connectivity index (χ0) is 19.1. The number of hydrogen-bond acceptors (Lipinski definition) is 3. The molecule has 5 nitrogen and oxygen atoms in total. The lowest BCUT2D eigenvalue weighted by Crippen LogP contribution is -2.44. The van der Waals surface area contributed by atoms with Crippen molar-refractivity contribution in [1.29, 1.82) is 5.26 Å². The molecule has 1 heterocycles. The normalized spacial score (nSPS) is 16.9. The zero-order valence-electron chi connectivity index (χ0n) is 15.5. The summed E-state index contributed by atoms with van der Waals surface area (Å²) in [5.41, 5.74) is 2.91. The topological polar surface area (TPSA) is 63.5 Å². The molecule has 0 amide bonds. The molecule has 0 radical (unpaired) electrons. The van der Waals surface area contributed by atoms with Crippen LogP contribution in [0.1, 0.15) is 24.5 Å². The number of aliphatic imine (C=N–C) groups is 1. The molecule has 3 rings (SSSR count). The summed E-state index contributed by atoms with van der Waals surface area (Å²) in [6, 6.07) is 18.0. The fourth-order valence-corrected chi connectivity index (χ4v) is 3.34. The highest BCUT2D eigenvalue weighted by molar-refractivity contribution is 6.30. The Morgan fingerprint density at radius 3 is 2.81 bits per heavy atom. The highest BCUT2D eigenvalue weighted by Gasteiger charge is 2.23. The van der Waals surface area contributed by atoms with E-state index in [0.717, 1.165) is 48.3 Å². The van der Waals surface area contributed by atoms with Crippen LogP contribution in [0.15, 0.2) is 53.5 Å². The average Bonchev–Trinajstić information content (AvgIpc) is 3.15. The second-order valence-corrected chi connectivity index (χ2v) is 7.00. The third-order valence-corrected chi connectivity index (χ3v) is 4.78. The molecule has 1 atom stereocenters. The van der Waals surface area contributed by atoms with E-state index in [2.05, 4.69) is 39.6 Å². The number of halogens is 1. The Labute approximate surface area is 165 Å². The van der Waals surface area contributed by atoms with Gasteiger partial charge in [0.05, 0.1) is 18.2 Å². The zero-order valence-corrected chi connectivity index (χ0v) is 16.2. The molecule has 0 saturated carbocycles. The van der Waals surface area contributed by atoms with Gasteiger partial charge in [-0.3, -0.25) is 0 Å². The van der Waals surface area contributed by atoms with Crippen molar-refractivity contribution in [3.05, 3.63) is 64.7 Å². The van der Waals surface area contributed by atoms with Gasteiger partial charge >= 0.3 is 0 Å². The van der Waals surface area contributed by atoms with Gasteiger partial charge in [0.25, 0.3) is 0 Å². The van der Waals surface area contributed by atoms with E-state index >= 15 is 0 Å². The first-order chi connectivity index (χ1) is 13.2. The number of nitrogens with one attached hydrogen (secondary N) is 2. The molecule has 1 unspecified atom stereocenters. The number of hydrogen-bond donors (Lipinski definition) is 2. The van der Waals surface area contributed by atoms with Gasteiger partial charge in [-0.25, -0.2) is 4.99 Å². The first kappa shape index (κ1) is 19.1. The summed E-state index contributed by atoms with van der Waals surface area (Å²) in [7, 11) is 0. The first-order valence-corrected chi connectivity index (χ1v) is 9.60. The highest BCUT2D eigenvalue weighted by Crippen LogP contribution is 2.23. The molecule has 1 aliphatic rings. The van der Waals surface area contributed by atoms with Gasteiger partial charge in [0.15, 0.2) is 5.96 Å². The summed E-state index contributed by atoms with van der Waals surface area (Å²) < 4.78 is 0. The summed E-state index contributed by atoms with van der Waals surface area (Å²) in [6.45, 7) is 5.36. The second-order valence-electron chi connectivity index (χ2n) is 6.56. The van der Waals surface area contributed by atoms with Gasteiger partial charge in [0.2, 0.25) is 0 Å². The Morgan fingerprint density at radius 1 is 1.30 bits per heavy atom. The highest BCUT2D eigenvalue weighted by atomic mass is 35.5. The SMILES string of the molecule is CCNC(=NCc1ccc(C#N)cc1)NC1CCN(c2cccc(Cl)c2)C1. The van der Waals surface area contributed by atoms with Crippen LogP contribution in [0, 0.1) is 11.3 Å². The molecule has 27 heavy (non-hydrogen) atoms. The fourth-order valence-electron chi connectivity index (χ4n) is 3.15. The molecule has 6 heteroatoms. The minimum atomic E-state index is 0.336. The largest absolute Gasteiger partial charge is 0.369 e. The smallest absolute Gasteiger partial charge is 0.191 e. The summed E-state index contributed by atoms with van der Waals surface area (Å²) in [6.07, 6.45) is 1.05. The maximum absolute atomic E-state index is 8.89. The van der Waals surface area contributed by atoms with Crippen molar-refractivity contribution in [1.82, 2.24) is 10.6 Å². The molecule has 2 aromatic carbocycles. The lowest BCUT2D eigenvalue weighted by Gasteiger charge is -2.20. The van der Waals surface area contributed by atoms with Crippen molar-refractivity contribution in [3.63, 3.8) is 0 Å². The predicted molar refractivity (Wildman–Crippen MR) is 111 cm³/mol.